The van der Waals surface area contributed by atoms with Gasteiger partial charge in [0, 0.05) is 19.3 Å². The van der Waals surface area contributed by atoms with Gasteiger partial charge in [0.2, 0.25) is 0 Å². The van der Waals surface area contributed by atoms with Gasteiger partial charge in [-0.05, 0) is 18.1 Å². The first-order valence-electron chi connectivity index (χ1n) is 5.81. The van der Waals surface area contributed by atoms with Crippen molar-refractivity contribution in [3.8, 4) is 0 Å². The van der Waals surface area contributed by atoms with Crippen molar-refractivity contribution in [3.05, 3.63) is 29.8 Å². The lowest BCUT2D eigenvalue weighted by atomic mass is 9.91. The average Bonchev–Trinajstić information content (AvgIpc) is 2.38. The summed E-state index contributed by atoms with van der Waals surface area (Å²) in [6, 6.07) is 7.87. The first-order valence-corrected chi connectivity index (χ1v) is 5.81. The van der Waals surface area contributed by atoms with Gasteiger partial charge in [-0.3, -0.25) is 4.79 Å². The molecule has 0 aliphatic carbocycles. The highest BCUT2D eigenvalue weighted by Gasteiger charge is 2.27. The number of hydrogen-bond acceptors (Lipinski definition) is 4. The molecule has 4 heteroatoms. The molecular weight excluding hydrogens is 218 g/mol. The Labute approximate surface area is 101 Å². The topological polar surface area (TPSA) is 47.6 Å². The van der Waals surface area contributed by atoms with E-state index >= 15 is 0 Å². The van der Waals surface area contributed by atoms with Crippen LogP contribution in [0.25, 0.3) is 0 Å². The maximum absolute atomic E-state index is 11.9. The van der Waals surface area contributed by atoms with E-state index in [2.05, 4.69) is 5.32 Å². The molecule has 1 aromatic rings. The van der Waals surface area contributed by atoms with E-state index < -0.39 is 0 Å². The van der Waals surface area contributed by atoms with Crippen LogP contribution in [-0.4, -0.2) is 32.8 Å². The highest BCUT2D eigenvalue weighted by Crippen LogP contribution is 2.31. The lowest BCUT2D eigenvalue weighted by Gasteiger charge is -2.25. The Kier molecular flexibility index (Phi) is 3.98. The molecule has 1 aliphatic heterocycles. The Balaban J connectivity index is 2.05. The van der Waals surface area contributed by atoms with Gasteiger partial charge < -0.3 is 14.8 Å². The molecule has 1 atom stereocenters. The molecule has 1 N–H and O–H groups in total. The third-order valence-electron chi connectivity index (χ3n) is 2.90. The second-order valence-electron chi connectivity index (χ2n) is 4.02. The van der Waals surface area contributed by atoms with E-state index in [9.17, 15) is 4.79 Å². The van der Waals surface area contributed by atoms with Gasteiger partial charge >= 0.3 is 5.97 Å². The van der Waals surface area contributed by atoms with Crippen molar-refractivity contribution in [2.24, 2.45) is 0 Å². The number of ether oxygens (including phenoxy) is 2. The maximum Gasteiger partial charge on any atom is 0.313 e. The molecule has 0 saturated heterocycles. The van der Waals surface area contributed by atoms with Crippen LogP contribution in [0.4, 0.5) is 5.69 Å². The molecule has 1 heterocycles. The van der Waals surface area contributed by atoms with Crippen LogP contribution in [-0.2, 0) is 14.3 Å². The number of rotatable bonds is 4. The first kappa shape index (κ1) is 11.9. The number of benzene rings is 1. The summed E-state index contributed by atoms with van der Waals surface area (Å²) in [6.45, 7) is 1.57. The second kappa shape index (κ2) is 5.68. The zero-order chi connectivity index (χ0) is 12.1. The minimum Gasteiger partial charge on any atom is -0.463 e. The lowest BCUT2D eigenvalue weighted by molar-refractivity contribution is -0.146. The van der Waals surface area contributed by atoms with E-state index in [4.69, 9.17) is 9.47 Å². The quantitative estimate of drug-likeness (QED) is 0.638. The van der Waals surface area contributed by atoms with Crippen LogP contribution in [0.3, 0.4) is 0 Å². The average molecular weight is 235 g/mol. The molecule has 0 radical (unpaired) electrons. The third-order valence-corrected chi connectivity index (χ3v) is 2.90. The van der Waals surface area contributed by atoms with Crippen molar-refractivity contribution < 1.29 is 14.3 Å². The Hall–Kier alpha value is -1.55. The number of para-hydroxylation sites is 1. The van der Waals surface area contributed by atoms with E-state index in [1.165, 1.54) is 0 Å². The minimum atomic E-state index is -0.156. The third kappa shape index (κ3) is 2.77. The highest BCUT2D eigenvalue weighted by molar-refractivity contribution is 5.81. The number of hydrogen-bond donors (Lipinski definition) is 1. The van der Waals surface area contributed by atoms with Crippen LogP contribution in [0.1, 0.15) is 17.9 Å². The zero-order valence-corrected chi connectivity index (χ0v) is 9.94. The standard InChI is InChI=1S/C13H17NO3/c1-16-8-9-17-13(15)11-6-7-14-12-5-3-2-4-10(11)12/h2-5,11,14H,6-9H2,1H3. The van der Waals surface area contributed by atoms with Crippen molar-refractivity contribution in [2.45, 2.75) is 12.3 Å². The number of esters is 1. The SMILES string of the molecule is COCCOC(=O)C1CCNc2ccccc21. The van der Waals surface area contributed by atoms with Crippen LogP contribution >= 0.6 is 0 Å². The zero-order valence-electron chi connectivity index (χ0n) is 9.94. The number of nitrogens with one attached hydrogen (secondary N) is 1. The Morgan fingerprint density at radius 3 is 3.06 bits per heavy atom. The van der Waals surface area contributed by atoms with Gasteiger partial charge in [0.05, 0.1) is 12.5 Å². The molecule has 4 nitrogen and oxygen atoms in total. The summed E-state index contributed by atoms with van der Waals surface area (Å²) in [4.78, 5) is 11.9. The Bertz CT molecular complexity index is 392. The number of carbonyl (C=O) groups excluding carboxylic acids is 1. The first-order chi connectivity index (χ1) is 8.33. The van der Waals surface area contributed by atoms with E-state index in [1.807, 2.05) is 24.3 Å². The van der Waals surface area contributed by atoms with Crippen molar-refractivity contribution in [3.63, 3.8) is 0 Å². The normalized spacial score (nSPS) is 18.1. The van der Waals surface area contributed by atoms with Crippen LogP contribution in [0.5, 0.6) is 0 Å². The van der Waals surface area contributed by atoms with Crippen molar-refractivity contribution in [2.75, 3.05) is 32.2 Å². The fraction of sp³-hybridized carbons (Fsp3) is 0.462. The van der Waals surface area contributed by atoms with Gasteiger partial charge in [0.1, 0.15) is 6.61 Å². The van der Waals surface area contributed by atoms with Crippen LogP contribution < -0.4 is 5.32 Å². The van der Waals surface area contributed by atoms with Crippen molar-refractivity contribution >= 4 is 11.7 Å². The number of fused-ring (bicyclic) bond motifs is 1. The fourth-order valence-electron chi connectivity index (χ4n) is 2.04. The Morgan fingerprint density at radius 1 is 1.41 bits per heavy atom. The van der Waals surface area contributed by atoms with Crippen molar-refractivity contribution in [1.29, 1.82) is 0 Å². The second-order valence-corrected chi connectivity index (χ2v) is 4.02. The molecule has 0 fully saturated rings. The molecule has 0 bridgehead atoms. The van der Waals surface area contributed by atoms with Crippen LogP contribution in [0, 0.1) is 0 Å². The van der Waals surface area contributed by atoms with E-state index in [1.54, 1.807) is 7.11 Å². The number of carbonyl (C=O) groups is 1. The molecule has 0 aromatic heterocycles. The monoisotopic (exact) mass is 235 g/mol. The Morgan fingerprint density at radius 2 is 2.24 bits per heavy atom. The maximum atomic E-state index is 11.9. The summed E-state index contributed by atoms with van der Waals surface area (Å²) in [5.41, 5.74) is 2.06. The molecule has 0 saturated carbocycles. The van der Waals surface area contributed by atoms with E-state index in [-0.39, 0.29) is 11.9 Å². The van der Waals surface area contributed by atoms with Crippen LogP contribution in [0.2, 0.25) is 0 Å². The lowest BCUT2D eigenvalue weighted by Crippen LogP contribution is -2.25. The fourth-order valence-corrected chi connectivity index (χ4v) is 2.04. The molecule has 92 valence electrons. The smallest absolute Gasteiger partial charge is 0.313 e. The van der Waals surface area contributed by atoms with Gasteiger partial charge in [-0.25, -0.2) is 0 Å². The number of anilines is 1. The van der Waals surface area contributed by atoms with Gasteiger partial charge in [-0.2, -0.15) is 0 Å². The van der Waals surface area contributed by atoms with Gasteiger partial charge in [-0.15, -0.1) is 0 Å². The minimum absolute atomic E-state index is 0.149. The van der Waals surface area contributed by atoms with Crippen LogP contribution in [0.15, 0.2) is 24.3 Å². The summed E-state index contributed by atoms with van der Waals surface area (Å²) in [6.07, 6.45) is 0.781. The summed E-state index contributed by atoms with van der Waals surface area (Å²) in [5, 5.41) is 3.28. The summed E-state index contributed by atoms with van der Waals surface area (Å²) in [7, 11) is 1.59. The number of methoxy groups -OCH3 is 1. The molecular formula is C13H17NO3. The van der Waals surface area contributed by atoms with Gasteiger partial charge in [0.25, 0.3) is 0 Å². The molecule has 2 rings (SSSR count). The summed E-state index contributed by atoms with van der Waals surface area (Å²) >= 11 is 0. The van der Waals surface area contributed by atoms with Crippen molar-refractivity contribution in [1.82, 2.24) is 0 Å². The predicted octanol–water partition coefficient (Wildman–Crippen LogP) is 1.78. The van der Waals surface area contributed by atoms with Gasteiger partial charge in [-0.1, -0.05) is 18.2 Å². The summed E-state index contributed by atoms with van der Waals surface area (Å²) < 4.78 is 10.0. The van der Waals surface area contributed by atoms with E-state index in [0.29, 0.717) is 13.2 Å². The molecule has 17 heavy (non-hydrogen) atoms. The molecule has 1 aliphatic rings. The highest BCUT2D eigenvalue weighted by atomic mass is 16.6. The molecule has 1 unspecified atom stereocenters. The summed E-state index contributed by atoms with van der Waals surface area (Å²) in [5.74, 6) is -0.305. The molecule has 0 spiro atoms. The molecule has 1 aromatic carbocycles. The van der Waals surface area contributed by atoms with E-state index in [0.717, 1.165) is 24.2 Å². The molecule has 0 amide bonds. The van der Waals surface area contributed by atoms with Gasteiger partial charge in [0.15, 0.2) is 0 Å². The predicted molar refractivity (Wildman–Crippen MR) is 65.1 cm³/mol. The largest absolute Gasteiger partial charge is 0.463 e.